The van der Waals surface area contributed by atoms with Gasteiger partial charge in [-0.25, -0.2) is 4.98 Å². The third kappa shape index (κ3) is 3.57. The Hall–Kier alpha value is -3.10. The molecule has 0 atom stereocenters. The number of nitrogens with zero attached hydrogens (tertiary/aromatic N) is 3. The topological polar surface area (TPSA) is 109 Å². The van der Waals surface area contributed by atoms with Crippen molar-refractivity contribution < 1.29 is 19.1 Å². The van der Waals surface area contributed by atoms with Crippen LogP contribution in [0.25, 0.3) is 0 Å². The molecule has 122 valence electrons. The van der Waals surface area contributed by atoms with Gasteiger partial charge in [-0.3, -0.25) is 10.1 Å². The Morgan fingerprint density at radius 2 is 2.04 bits per heavy atom. The first-order valence-corrected chi connectivity index (χ1v) is 6.72. The van der Waals surface area contributed by atoms with Crippen LogP contribution in [0.2, 0.25) is 0 Å². The predicted molar refractivity (Wildman–Crippen MR) is 82.7 cm³/mol. The zero-order valence-electron chi connectivity index (χ0n) is 12.9. The van der Waals surface area contributed by atoms with Crippen LogP contribution in [0.1, 0.15) is 6.92 Å². The summed E-state index contributed by atoms with van der Waals surface area (Å²) in [6, 6.07) is 5.02. The Bertz CT molecular complexity index is 708. The fraction of sp³-hybridized carbons (Fsp3) is 0.286. The van der Waals surface area contributed by atoms with Crippen molar-refractivity contribution in [2.45, 2.75) is 6.92 Å². The average molecular weight is 320 g/mol. The SMILES string of the molecule is CCOc1ncnc(Nc2ccc(OC)cc2OC)c1[N+](=O)[O-]. The van der Waals surface area contributed by atoms with E-state index in [1.165, 1.54) is 20.5 Å². The second-order valence-electron chi connectivity index (χ2n) is 4.26. The van der Waals surface area contributed by atoms with Crippen LogP contribution in [-0.2, 0) is 0 Å². The molecule has 1 heterocycles. The minimum atomic E-state index is -0.594. The van der Waals surface area contributed by atoms with E-state index in [0.29, 0.717) is 17.2 Å². The summed E-state index contributed by atoms with van der Waals surface area (Å²) >= 11 is 0. The molecule has 9 heteroatoms. The van der Waals surface area contributed by atoms with Crippen molar-refractivity contribution in [1.29, 1.82) is 0 Å². The number of ether oxygens (including phenoxy) is 3. The molecule has 1 aromatic carbocycles. The molecule has 0 aliphatic heterocycles. The predicted octanol–water partition coefficient (Wildman–Crippen LogP) is 2.54. The van der Waals surface area contributed by atoms with Gasteiger partial charge < -0.3 is 19.5 Å². The van der Waals surface area contributed by atoms with Gasteiger partial charge in [-0.2, -0.15) is 4.98 Å². The summed E-state index contributed by atoms with van der Waals surface area (Å²) in [6.45, 7) is 1.97. The van der Waals surface area contributed by atoms with Gasteiger partial charge >= 0.3 is 5.69 Å². The Balaban J connectivity index is 2.44. The van der Waals surface area contributed by atoms with Gasteiger partial charge in [0.2, 0.25) is 5.82 Å². The summed E-state index contributed by atoms with van der Waals surface area (Å²) in [5, 5.41) is 14.2. The standard InChI is InChI=1S/C14H16N4O5/c1-4-23-14-12(18(19)20)13(15-8-16-14)17-10-6-5-9(21-2)7-11(10)22-3/h5-8H,4H2,1-3H3,(H,15,16,17). The van der Waals surface area contributed by atoms with Crippen molar-refractivity contribution in [3.8, 4) is 17.4 Å². The first kappa shape index (κ1) is 16.3. The third-order valence-electron chi connectivity index (χ3n) is 2.91. The van der Waals surface area contributed by atoms with E-state index < -0.39 is 4.92 Å². The smallest absolute Gasteiger partial charge is 0.373 e. The number of rotatable bonds is 7. The van der Waals surface area contributed by atoms with E-state index in [1.54, 1.807) is 25.1 Å². The lowest BCUT2D eigenvalue weighted by atomic mass is 10.2. The van der Waals surface area contributed by atoms with E-state index in [2.05, 4.69) is 15.3 Å². The summed E-state index contributed by atoms with van der Waals surface area (Å²) < 4.78 is 15.6. The lowest BCUT2D eigenvalue weighted by molar-refractivity contribution is -0.385. The Kier molecular flexibility index (Phi) is 5.13. The van der Waals surface area contributed by atoms with Crippen LogP contribution in [0.3, 0.4) is 0 Å². The van der Waals surface area contributed by atoms with Crippen LogP contribution in [0.5, 0.6) is 17.4 Å². The maximum Gasteiger partial charge on any atom is 0.373 e. The molecule has 1 N–H and O–H groups in total. The van der Waals surface area contributed by atoms with E-state index in [-0.39, 0.29) is 24.0 Å². The van der Waals surface area contributed by atoms with Crippen molar-refractivity contribution in [2.75, 3.05) is 26.1 Å². The van der Waals surface area contributed by atoms with E-state index in [0.717, 1.165) is 0 Å². The van der Waals surface area contributed by atoms with Gasteiger partial charge in [0, 0.05) is 6.07 Å². The minimum Gasteiger partial charge on any atom is -0.497 e. The number of benzene rings is 1. The van der Waals surface area contributed by atoms with Crippen molar-refractivity contribution >= 4 is 17.2 Å². The van der Waals surface area contributed by atoms with E-state index in [9.17, 15) is 10.1 Å². The van der Waals surface area contributed by atoms with Crippen LogP contribution in [0.4, 0.5) is 17.2 Å². The second-order valence-corrected chi connectivity index (χ2v) is 4.26. The lowest BCUT2D eigenvalue weighted by Gasteiger charge is -2.12. The number of anilines is 2. The van der Waals surface area contributed by atoms with Crippen molar-refractivity contribution in [3.05, 3.63) is 34.6 Å². The number of hydrogen-bond acceptors (Lipinski definition) is 8. The van der Waals surface area contributed by atoms with Crippen LogP contribution in [-0.4, -0.2) is 35.7 Å². The highest BCUT2D eigenvalue weighted by Crippen LogP contribution is 2.36. The Morgan fingerprint density at radius 3 is 2.65 bits per heavy atom. The minimum absolute atomic E-state index is 0.0110. The highest BCUT2D eigenvalue weighted by atomic mass is 16.6. The summed E-state index contributed by atoms with van der Waals surface area (Å²) in [6.07, 6.45) is 1.19. The first-order chi connectivity index (χ1) is 11.1. The maximum atomic E-state index is 11.3. The van der Waals surface area contributed by atoms with Gasteiger partial charge in [-0.1, -0.05) is 0 Å². The zero-order chi connectivity index (χ0) is 16.8. The molecule has 0 aliphatic carbocycles. The van der Waals surface area contributed by atoms with Crippen LogP contribution in [0.15, 0.2) is 24.5 Å². The molecular weight excluding hydrogens is 304 g/mol. The molecule has 9 nitrogen and oxygen atoms in total. The molecule has 0 unspecified atom stereocenters. The molecule has 0 fully saturated rings. The van der Waals surface area contributed by atoms with Crippen LogP contribution in [0, 0.1) is 10.1 Å². The normalized spacial score (nSPS) is 10.0. The molecule has 23 heavy (non-hydrogen) atoms. The maximum absolute atomic E-state index is 11.3. The molecule has 0 saturated heterocycles. The van der Waals surface area contributed by atoms with Crippen molar-refractivity contribution in [1.82, 2.24) is 9.97 Å². The highest BCUT2D eigenvalue weighted by molar-refractivity contribution is 5.72. The Morgan fingerprint density at radius 1 is 1.26 bits per heavy atom. The number of nitro groups is 1. The molecule has 2 aromatic rings. The molecular formula is C14H16N4O5. The zero-order valence-corrected chi connectivity index (χ0v) is 12.9. The molecule has 0 bridgehead atoms. The van der Waals surface area contributed by atoms with Gasteiger partial charge in [0.25, 0.3) is 5.88 Å². The molecule has 0 spiro atoms. The summed E-state index contributed by atoms with van der Waals surface area (Å²) in [4.78, 5) is 18.4. The van der Waals surface area contributed by atoms with Crippen LogP contribution < -0.4 is 19.5 Å². The first-order valence-electron chi connectivity index (χ1n) is 6.72. The number of hydrogen-bond donors (Lipinski definition) is 1. The van der Waals surface area contributed by atoms with Gasteiger partial charge in [-0.05, 0) is 19.1 Å². The second kappa shape index (κ2) is 7.25. The summed E-state index contributed by atoms with van der Waals surface area (Å²) in [5.74, 6) is 0.967. The molecule has 0 amide bonds. The molecule has 2 rings (SSSR count). The van der Waals surface area contributed by atoms with Gasteiger partial charge in [0.1, 0.15) is 17.8 Å². The fourth-order valence-corrected chi connectivity index (χ4v) is 1.89. The molecule has 0 saturated carbocycles. The number of aromatic nitrogens is 2. The summed E-state index contributed by atoms with van der Waals surface area (Å²) in [5.41, 5.74) is 0.157. The van der Waals surface area contributed by atoms with Gasteiger partial charge in [-0.15, -0.1) is 0 Å². The molecule has 1 aromatic heterocycles. The average Bonchev–Trinajstić information content (AvgIpc) is 2.55. The monoisotopic (exact) mass is 320 g/mol. The van der Waals surface area contributed by atoms with Gasteiger partial charge in [0.15, 0.2) is 0 Å². The lowest BCUT2D eigenvalue weighted by Crippen LogP contribution is -2.06. The Labute approximate surface area is 132 Å². The van der Waals surface area contributed by atoms with Crippen LogP contribution >= 0.6 is 0 Å². The van der Waals surface area contributed by atoms with E-state index in [4.69, 9.17) is 14.2 Å². The number of nitrogens with one attached hydrogen (secondary N) is 1. The highest BCUT2D eigenvalue weighted by Gasteiger charge is 2.25. The fourth-order valence-electron chi connectivity index (χ4n) is 1.89. The third-order valence-corrected chi connectivity index (χ3v) is 2.91. The largest absolute Gasteiger partial charge is 0.497 e. The molecule has 0 aliphatic rings. The molecule has 0 radical (unpaired) electrons. The van der Waals surface area contributed by atoms with Crippen molar-refractivity contribution in [3.63, 3.8) is 0 Å². The number of methoxy groups -OCH3 is 2. The quantitative estimate of drug-likeness (QED) is 0.612. The summed E-state index contributed by atoms with van der Waals surface area (Å²) in [7, 11) is 3.02. The van der Waals surface area contributed by atoms with Crippen molar-refractivity contribution in [2.24, 2.45) is 0 Å². The van der Waals surface area contributed by atoms with Gasteiger partial charge in [0.05, 0.1) is 31.4 Å². The van der Waals surface area contributed by atoms with E-state index >= 15 is 0 Å². The van der Waals surface area contributed by atoms with E-state index in [1.807, 2.05) is 0 Å².